The summed E-state index contributed by atoms with van der Waals surface area (Å²) >= 11 is 0. The number of hydrogen-bond donors (Lipinski definition) is 3. The van der Waals surface area contributed by atoms with E-state index in [0.717, 1.165) is 18.4 Å². The van der Waals surface area contributed by atoms with Crippen molar-refractivity contribution in [3.63, 3.8) is 0 Å². The maximum atomic E-state index is 12.8. The molecule has 37 heavy (non-hydrogen) atoms. The number of carbonyl (C=O) groups excluding carboxylic acids is 3. The van der Waals surface area contributed by atoms with Crippen LogP contribution in [0.15, 0.2) is 24.3 Å². The SMILES string of the molecule is CCOC(=O)C(Cc1ccc(O)cc1)N(C)CC(O)COC(=O)C1CCCCC1C(=O)OCC(O)CC. The molecule has 3 N–H and O–H groups in total. The topological polar surface area (TPSA) is 143 Å². The predicted octanol–water partition coefficient (Wildman–Crippen LogP) is 1.82. The largest absolute Gasteiger partial charge is 0.508 e. The second-order valence-corrected chi connectivity index (χ2v) is 9.55. The van der Waals surface area contributed by atoms with E-state index in [1.807, 2.05) is 0 Å². The normalized spacial score (nSPS) is 20.1. The molecule has 10 nitrogen and oxygen atoms in total. The molecule has 0 saturated heterocycles. The highest BCUT2D eigenvalue weighted by molar-refractivity contribution is 5.82. The molecule has 1 saturated carbocycles. The third kappa shape index (κ3) is 9.94. The van der Waals surface area contributed by atoms with Crippen molar-refractivity contribution < 1.29 is 43.9 Å². The summed E-state index contributed by atoms with van der Waals surface area (Å²) in [6.07, 6.45) is 1.53. The number of benzene rings is 1. The zero-order chi connectivity index (χ0) is 27.4. The number of hydrogen-bond acceptors (Lipinski definition) is 10. The number of carbonyl (C=O) groups is 3. The van der Waals surface area contributed by atoms with Gasteiger partial charge in [-0.05, 0) is 57.4 Å². The van der Waals surface area contributed by atoms with Gasteiger partial charge in [-0.25, -0.2) is 0 Å². The molecule has 1 aromatic carbocycles. The molecular formula is C27H41NO9. The Labute approximate surface area is 218 Å². The zero-order valence-corrected chi connectivity index (χ0v) is 22.0. The summed E-state index contributed by atoms with van der Waals surface area (Å²) in [5, 5.41) is 29.7. The number of ether oxygens (including phenoxy) is 3. The van der Waals surface area contributed by atoms with Gasteiger partial charge in [-0.3, -0.25) is 19.3 Å². The standard InChI is InChI=1S/C27H41NO9/c1-4-19(29)16-36-25(32)22-8-6-7-9-23(22)26(33)37-17-21(31)15-28(3)24(27(34)35-5-2)14-18-10-12-20(30)13-11-18/h10-13,19,21-24,29-31H,4-9,14-17H2,1-3H3. The van der Waals surface area contributed by atoms with Crippen molar-refractivity contribution in [3.8, 4) is 5.75 Å². The van der Waals surface area contributed by atoms with Crippen LogP contribution in [-0.2, 0) is 35.0 Å². The minimum absolute atomic E-state index is 0.0416. The fourth-order valence-corrected chi connectivity index (χ4v) is 4.41. The Morgan fingerprint density at radius 2 is 1.46 bits per heavy atom. The van der Waals surface area contributed by atoms with E-state index in [-0.39, 0.29) is 32.1 Å². The van der Waals surface area contributed by atoms with Crippen molar-refractivity contribution in [3.05, 3.63) is 29.8 Å². The number of phenols is 1. The van der Waals surface area contributed by atoms with Crippen LogP contribution in [0, 0.1) is 11.8 Å². The molecule has 1 fully saturated rings. The molecule has 10 heteroatoms. The maximum Gasteiger partial charge on any atom is 0.323 e. The number of nitrogens with zero attached hydrogens (tertiary/aromatic N) is 1. The molecule has 208 valence electrons. The average molecular weight is 524 g/mol. The molecule has 1 aliphatic carbocycles. The summed E-state index contributed by atoms with van der Waals surface area (Å²) in [5.74, 6) is -2.70. The van der Waals surface area contributed by atoms with Crippen LogP contribution in [0.3, 0.4) is 0 Å². The lowest BCUT2D eigenvalue weighted by Crippen LogP contribution is -2.46. The van der Waals surface area contributed by atoms with Gasteiger partial charge in [-0.1, -0.05) is 31.9 Å². The third-order valence-corrected chi connectivity index (χ3v) is 6.63. The molecule has 0 bridgehead atoms. The van der Waals surface area contributed by atoms with Crippen molar-refractivity contribution in [2.75, 3.05) is 33.4 Å². The van der Waals surface area contributed by atoms with Crippen molar-refractivity contribution in [2.45, 2.75) is 70.6 Å². The first kappa shape index (κ1) is 30.5. The molecule has 0 amide bonds. The van der Waals surface area contributed by atoms with Crippen LogP contribution >= 0.6 is 0 Å². The van der Waals surface area contributed by atoms with Gasteiger partial charge in [0, 0.05) is 6.54 Å². The fraction of sp³-hybridized carbons (Fsp3) is 0.667. The van der Waals surface area contributed by atoms with Gasteiger partial charge in [0.2, 0.25) is 0 Å². The van der Waals surface area contributed by atoms with Crippen LogP contribution in [0.2, 0.25) is 0 Å². The molecule has 5 atom stereocenters. The lowest BCUT2D eigenvalue weighted by atomic mass is 9.79. The second-order valence-electron chi connectivity index (χ2n) is 9.55. The van der Waals surface area contributed by atoms with E-state index in [2.05, 4.69) is 0 Å². The first-order chi connectivity index (χ1) is 17.7. The van der Waals surface area contributed by atoms with Crippen LogP contribution < -0.4 is 0 Å². The van der Waals surface area contributed by atoms with E-state index in [1.165, 1.54) is 12.1 Å². The van der Waals surface area contributed by atoms with E-state index < -0.39 is 48.0 Å². The third-order valence-electron chi connectivity index (χ3n) is 6.63. The minimum Gasteiger partial charge on any atom is -0.508 e. The smallest absolute Gasteiger partial charge is 0.323 e. The highest BCUT2D eigenvalue weighted by atomic mass is 16.6. The monoisotopic (exact) mass is 523 g/mol. The lowest BCUT2D eigenvalue weighted by molar-refractivity contribution is -0.166. The number of phenolic OH excluding ortho intramolecular Hbond substituents is 1. The molecule has 0 aromatic heterocycles. The van der Waals surface area contributed by atoms with Crippen molar-refractivity contribution in [1.82, 2.24) is 4.90 Å². The average Bonchev–Trinajstić information content (AvgIpc) is 2.89. The Balaban J connectivity index is 1.92. The summed E-state index contributed by atoms with van der Waals surface area (Å²) < 4.78 is 15.8. The summed E-state index contributed by atoms with van der Waals surface area (Å²) in [7, 11) is 1.67. The highest BCUT2D eigenvalue weighted by Crippen LogP contribution is 2.32. The number of aliphatic hydroxyl groups excluding tert-OH is 2. The van der Waals surface area contributed by atoms with Gasteiger partial charge in [0.1, 0.15) is 31.1 Å². The molecule has 0 heterocycles. The molecule has 5 unspecified atom stereocenters. The first-order valence-corrected chi connectivity index (χ1v) is 13.0. The van der Waals surface area contributed by atoms with Crippen LogP contribution in [0.4, 0.5) is 0 Å². The Morgan fingerprint density at radius 1 is 0.919 bits per heavy atom. The van der Waals surface area contributed by atoms with Gasteiger partial charge in [0.25, 0.3) is 0 Å². The van der Waals surface area contributed by atoms with Gasteiger partial charge >= 0.3 is 17.9 Å². The zero-order valence-electron chi connectivity index (χ0n) is 22.0. The van der Waals surface area contributed by atoms with Gasteiger partial charge in [-0.2, -0.15) is 0 Å². The van der Waals surface area contributed by atoms with Crippen LogP contribution in [0.1, 0.15) is 51.5 Å². The molecule has 0 aliphatic heterocycles. The number of rotatable bonds is 14. The van der Waals surface area contributed by atoms with E-state index >= 15 is 0 Å². The van der Waals surface area contributed by atoms with Crippen LogP contribution in [-0.4, -0.2) is 89.8 Å². The van der Waals surface area contributed by atoms with Gasteiger partial charge in [-0.15, -0.1) is 0 Å². The molecule has 1 aromatic rings. The summed E-state index contributed by atoms with van der Waals surface area (Å²) in [5.41, 5.74) is 0.810. The predicted molar refractivity (Wildman–Crippen MR) is 135 cm³/mol. The Bertz CT molecular complexity index is 860. The summed E-state index contributed by atoms with van der Waals surface area (Å²) in [6, 6.07) is 5.80. The van der Waals surface area contributed by atoms with E-state index in [4.69, 9.17) is 14.2 Å². The molecule has 1 aliphatic rings. The Morgan fingerprint density at radius 3 is 1.97 bits per heavy atom. The Hall–Kier alpha value is -2.69. The maximum absolute atomic E-state index is 12.8. The number of esters is 3. The summed E-state index contributed by atoms with van der Waals surface area (Å²) in [4.78, 5) is 39.5. The van der Waals surface area contributed by atoms with Crippen LogP contribution in [0.25, 0.3) is 0 Å². The van der Waals surface area contributed by atoms with Crippen molar-refractivity contribution in [2.24, 2.45) is 11.8 Å². The Kier molecular flexibility index (Phi) is 12.8. The van der Waals surface area contributed by atoms with Crippen molar-refractivity contribution in [1.29, 1.82) is 0 Å². The van der Waals surface area contributed by atoms with Crippen LogP contribution in [0.5, 0.6) is 5.75 Å². The molecular weight excluding hydrogens is 482 g/mol. The first-order valence-electron chi connectivity index (χ1n) is 13.0. The van der Waals surface area contributed by atoms with Gasteiger partial charge in [0.05, 0.1) is 24.5 Å². The highest BCUT2D eigenvalue weighted by Gasteiger charge is 2.38. The second kappa shape index (κ2) is 15.5. The van der Waals surface area contributed by atoms with Gasteiger partial charge in [0.15, 0.2) is 0 Å². The van der Waals surface area contributed by atoms with Crippen molar-refractivity contribution >= 4 is 17.9 Å². The quantitative estimate of drug-likeness (QED) is 0.244. The lowest BCUT2D eigenvalue weighted by Gasteiger charge is -2.30. The van der Waals surface area contributed by atoms with E-state index in [9.17, 15) is 29.7 Å². The molecule has 2 rings (SSSR count). The van der Waals surface area contributed by atoms with Gasteiger partial charge < -0.3 is 29.5 Å². The molecule has 0 radical (unpaired) electrons. The number of aliphatic hydroxyl groups is 2. The number of aromatic hydroxyl groups is 1. The fourth-order valence-electron chi connectivity index (χ4n) is 4.41. The minimum atomic E-state index is -1.07. The summed E-state index contributed by atoms with van der Waals surface area (Å²) in [6.45, 7) is 3.35. The number of likely N-dealkylation sites (N-methyl/N-ethyl adjacent to an activating group) is 1. The van der Waals surface area contributed by atoms with E-state index in [0.29, 0.717) is 25.7 Å². The molecule has 0 spiro atoms. The van der Waals surface area contributed by atoms with E-state index in [1.54, 1.807) is 37.9 Å².